The summed E-state index contributed by atoms with van der Waals surface area (Å²) in [4.78, 5) is 0. The SMILES string of the molecule is Nc1ccc(C2CCCC3(CCCC3)C2)cc1. The van der Waals surface area contributed by atoms with Gasteiger partial charge in [-0.3, -0.25) is 0 Å². The van der Waals surface area contributed by atoms with Crippen LogP contribution in [-0.2, 0) is 0 Å². The quantitative estimate of drug-likeness (QED) is 0.706. The van der Waals surface area contributed by atoms with E-state index < -0.39 is 0 Å². The van der Waals surface area contributed by atoms with Crippen LogP contribution >= 0.6 is 0 Å². The topological polar surface area (TPSA) is 26.0 Å². The van der Waals surface area contributed by atoms with Crippen LogP contribution in [0.5, 0.6) is 0 Å². The van der Waals surface area contributed by atoms with Crippen molar-refractivity contribution in [2.75, 3.05) is 5.73 Å². The normalized spacial score (nSPS) is 27.4. The highest BCUT2D eigenvalue weighted by molar-refractivity contribution is 5.40. The third-order valence-corrected chi connectivity index (χ3v) is 5.01. The summed E-state index contributed by atoms with van der Waals surface area (Å²) < 4.78 is 0. The van der Waals surface area contributed by atoms with Gasteiger partial charge in [0.25, 0.3) is 0 Å². The van der Waals surface area contributed by atoms with E-state index in [4.69, 9.17) is 5.73 Å². The predicted molar refractivity (Wildman–Crippen MR) is 73.0 cm³/mol. The highest BCUT2D eigenvalue weighted by Gasteiger charge is 2.38. The van der Waals surface area contributed by atoms with Crippen molar-refractivity contribution in [3.8, 4) is 0 Å². The van der Waals surface area contributed by atoms with Crippen molar-refractivity contribution in [3.63, 3.8) is 0 Å². The van der Waals surface area contributed by atoms with Crippen molar-refractivity contribution < 1.29 is 0 Å². The highest BCUT2D eigenvalue weighted by Crippen LogP contribution is 2.53. The largest absolute Gasteiger partial charge is 0.399 e. The maximum absolute atomic E-state index is 5.77. The van der Waals surface area contributed by atoms with Gasteiger partial charge in [-0.05, 0) is 61.1 Å². The van der Waals surface area contributed by atoms with E-state index in [1.807, 2.05) is 0 Å². The molecular weight excluding hydrogens is 206 g/mol. The first-order valence-electron chi connectivity index (χ1n) is 7.13. The molecule has 2 N–H and O–H groups in total. The van der Waals surface area contributed by atoms with Gasteiger partial charge in [0.2, 0.25) is 0 Å². The molecule has 0 heterocycles. The van der Waals surface area contributed by atoms with E-state index in [2.05, 4.69) is 24.3 Å². The van der Waals surface area contributed by atoms with Crippen LogP contribution in [0.2, 0.25) is 0 Å². The van der Waals surface area contributed by atoms with Crippen LogP contribution < -0.4 is 5.73 Å². The maximum Gasteiger partial charge on any atom is 0.0314 e. The first kappa shape index (κ1) is 11.1. The molecule has 2 fully saturated rings. The molecule has 3 rings (SSSR count). The highest BCUT2D eigenvalue weighted by atomic mass is 14.5. The molecule has 1 aromatic rings. The summed E-state index contributed by atoms with van der Waals surface area (Å²) in [5.74, 6) is 0.794. The van der Waals surface area contributed by atoms with Crippen molar-refractivity contribution in [2.45, 2.75) is 57.3 Å². The van der Waals surface area contributed by atoms with Gasteiger partial charge < -0.3 is 5.73 Å². The lowest BCUT2D eigenvalue weighted by molar-refractivity contribution is 0.176. The molecule has 1 spiro atoms. The number of hydrogen-bond acceptors (Lipinski definition) is 1. The Morgan fingerprint density at radius 3 is 2.29 bits per heavy atom. The Hall–Kier alpha value is -0.980. The first-order chi connectivity index (χ1) is 8.27. The zero-order valence-corrected chi connectivity index (χ0v) is 10.6. The van der Waals surface area contributed by atoms with Crippen LogP contribution in [-0.4, -0.2) is 0 Å². The van der Waals surface area contributed by atoms with Gasteiger partial charge in [-0.2, -0.15) is 0 Å². The Kier molecular flexibility index (Phi) is 2.85. The Morgan fingerprint density at radius 2 is 1.59 bits per heavy atom. The van der Waals surface area contributed by atoms with Crippen molar-refractivity contribution in [1.29, 1.82) is 0 Å². The summed E-state index contributed by atoms with van der Waals surface area (Å²) in [7, 11) is 0. The molecule has 0 saturated heterocycles. The molecule has 0 aromatic heterocycles. The van der Waals surface area contributed by atoms with E-state index in [-0.39, 0.29) is 0 Å². The second-order valence-electron chi connectivity index (χ2n) is 6.17. The van der Waals surface area contributed by atoms with E-state index in [0.29, 0.717) is 5.41 Å². The van der Waals surface area contributed by atoms with Crippen molar-refractivity contribution in [2.24, 2.45) is 5.41 Å². The molecule has 1 heteroatoms. The lowest BCUT2D eigenvalue weighted by Gasteiger charge is -2.38. The second-order valence-corrected chi connectivity index (χ2v) is 6.17. The molecule has 0 aliphatic heterocycles. The maximum atomic E-state index is 5.77. The molecule has 1 aromatic carbocycles. The number of rotatable bonds is 1. The zero-order chi connectivity index (χ0) is 11.7. The number of nitrogen functional groups attached to an aromatic ring is 1. The molecule has 0 radical (unpaired) electrons. The Balaban J connectivity index is 1.77. The number of hydrogen-bond donors (Lipinski definition) is 1. The second kappa shape index (κ2) is 4.36. The van der Waals surface area contributed by atoms with Crippen LogP contribution in [0.1, 0.15) is 62.8 Å². The number of benzene rings is 1. The van der Waals surface area contributed by atoms with E-state index >= 15 is 0 Å². The standard InChI is InChI=1S/C16H23N/c17-15-7-5-13(6-8-15)14-4-3-11-16(12-14)9-1-2-10-16/h5-8,14H,1-4,9-12,17H2. The van der Waals surface area contributed by atoms with Crippen LogP contribution in [0.3, 0.4) is 0 Å². The third-order valence-electron chi connectivity index (χ3n) is 5.01. The smallest absolute Gasteiger partial charge is 0.0314 e. The van der Waals surface area contributed by atoms with E-state index in [1.54, 1.807) is 0 Å². The zero-order valence-electron chi connectivity index (χ0n) is 10.6. The summed E-state index contributed by atoms with van der Waals surface area (Å²) in [5.41, 5.74) is 8.89. The summed E-state index contributed by atoms with van der Waals surface area (Å²) >= 11 is 0. The average molecular weight is 229 g/mol. The molecule has 2 saturated carbocycles. The number of anilines is 1. The van der Waals surface area contributed by atoms with Gasteiger partial charge in [0, 0.05) is 5.69 Å². The molecule has 1 unspecified atom stereocenters. The van der Waals surface area contributed by atoms with Crippen LogP contribution in [0.15, 0.2) is 24.3 Å². The summed E-state index contributed by atoms with van der Waals surface area (Å²) in [6.45, 7) is 0. The first-order valence-corrected chi connectivity index (χ1v) is 7.13. The lowest BCUT2D eigenvalue weighted by Crippen LogP contribution is -2.24. The molecule has 2 aliphatic carbocycles. The fraction of sp³-hybridized carbons (Fsp3) is 0.625. The van der Waals surface area contributed by atoms with Crippen LogP contribution in [0, 0.1) is 5.41 Å². The predicted octanol–water partition coefficient (Wildman–Crippen LogP) is 4.49. The molecule has 92 valence electrons. The van der Waals surface area contributed by atoms with E-state index in [9.17, 15) is 0 Å². The molecule has 0 bridgehead atoms. The molecule has 17 heavy (non-hydrogen) atoms. The summed E-state index contributed by atoms with van der Waals surface area (Å²) in [5, 5.41) is 0. The van der Waals surface area contributed by atoms with Gasteiger partial charge in [0.1, 0.15) is 0 Å². The lowest BCUT2D eigenvalue weighted by atomic mass is 9.67. The monoisotopic (exact) mass is 229 g/mol. The minimum absolute atomic E-state index is 0.713. The Bertz CT molecular complexity index is 373. The fourth-order valence-corrected chi connectivity index (χ4v) is 4.08. The molecule has 2 aliphatic rings. The third kappa shape index (κ3) is 2.20. The average Bonchev–Trinajstić information content (AvgIpc) is 2.78. The minimum atomic E-state index is 0.713. The van der Waals surface area contributed by atoms with Gasteiger partial charge in [0.05, 0.1) is 0 Å². The van der Waals surface area contributed by atoms with Crippen molar-refractivity contribution >= 4 is 5.69 Å². The van der Waals surface area contributed by atoms with Crippen LogP contribution in [0.4, 0.5) is 5.69 Å². The molecule has 0 amide bonds. The van der Waals surface area contributed by atoms with Gasteiger partial charge in [-0.25, -0.2) is 0 Å². The van der Waals surface area contributed by atoms with Crippen molar-refractivity contribution in [3.05, 3.63) is 29.8 Å². The minimum Gasteiger partial charge on any atom is -0.399 e. The summed E-state index contributed by atoms with van der Waals surface area (Å²) in [6, 6.07) is 8.61. The molecule has 1 atom stereocenters. The Labute approximate surface area is 104 Å². The Morgan fingerprint density at radius 1 is 0.941 bits per heavy atom. The molecular formula is C16H23N. The van der Waals surface area contributed by atoms with Gasteiger partial charge in [-0.1, -0.05) is 31.4 Å². The van der Waals surface area contributed by atoms with E-state index in [1.165, 1.54) is 56.9 Å². The number of nitrogens with two attached hydrogens (primary N) is 1. The van der Waals surface area contributed by atoms with Gasteiger partial charge in [-0.15, -0.1) is 0 Å². The van der Waals surface area contributed by atoms with Gasteiger partial charge >= 0.3 is 0 Å². The van der Waals surface area contributed by atoms with E-state index in [0.717, 1.165) is 11.6 Å². The van der Waals surface area contributed by atoms with Crippen molar-refractivity contribution in [1.82, 2.24) is 0 Å². The summed E-state index contributed by atoms with van der Waals surface area (Å²) in [6.07, 6.45) is 11.6. The fourth-order valence-electron chi connectivity index (χ4n) is 4.08. The molecule has 1 nitrogen and oxygen atoms in total. The van der Waals surface area contributed by atoms with Gasteiger partial charge in [0.15, 0.2) is 0 Å². The van der Waals surface area contributed by atoms with Crippen LogP contribution in [0.25, 0.3) is 0 Å².